The van der Waals surface area contributed by atoms with E-state index in [9.17, 15) is 13.6 Å². The van der Waals surface area contributed by atoms with Gasteiger partial charge in [-0.15, -0.1) is 11.3 Å². The first kappa shape index (κ1) is 15.4. The number of aromatic nitrogens is 1. The first-order valence-corrected chi connectivity index (χ1v) is 7.73. The van der Waals surface area contributed by atoms with E-state index in [1.807, 2.05) is 0 Å². The zero-order valence-electron chi connectivity index (χ0n) is 11.9. The molecule has 0 saturated heterocycles. The lowest BCUT2D eigenvalue weighted by Gasteiger charge is -2.05. The van der Waals surface area contributed by atoms with Gasteiger partial charge in [-0.3, -0.25) is 4.79 Å². The lowest BCUT2D eigenvalue weighted by atomic mass is 10.1. The van der Waals surface area contributed by atoms with E-state index in [-0.39, 0.29) is 24.6 Å². The Labute approximate surface area is 134 Å². The van der Waals surface area contributed by atoms with Gasteiger partial charge >= 0.3 is 0 Å². The Morgan fingerprint density at radius 1 is 1.30 bits per heavy atom. The van der Waals surface area contributed by atoms with Crippen LogP contribution >= 0.6 is 11.3 Å². The van der Waals surface area contributed by atoms with Crippen molar-refractivity contribution in [3.05, 3.63) is 64.9 Å². The molecule has 0 aliphatic rings. The average molecular weight is 334 g/mol. The zero-order chi connectivity index (χ0) is 16.2. The fourth-order valence-electron chi connectivity index (χ4n) is 2.02. The molecule has 3 rings (SSSR count). The molecule has 0 spiro atoms. The van der Waals surface area contributed by atoms with E-state index in [0.29, 0.717) is 16.3 Å². The van der Waals surface area contributed by atoms with Crippen molar-refractivity contribution in [1.82, 2.24) is 10.3 Å². The fourth-order valence-corrected chi connectivity index (χ4v) is 2.78. The lowest BCUT2D eigenvalue weighted by Crippen LogP contribution is -2.26. The van der Waals surface area contributed by atoms with Gasteiger partial charge in [-0.05, 0) is 30.2 Å². The maximum Gasteiger partial charge on any atom is 0.270 e. The number of furan rings is 1. The van der Waals surface area contributed by atoms with E-state index in [1.54, 1.807) is 17.5 Å². The van der Waals surface area contributed by atoms with Crippen molar-refractivity contribution in [2.45, 2.75) is 6.42 Å². The van der Waals surface area contributed by atoms with Crippen LogP contribution in [-0.2, 0) is 6.42 Å². The van der Waals surface area contributed by atoms with Crippen molar-refractivity contribution in [1.29, 1.82) is 0 Å². The molecule has 118 valence electrons. The van der Waals surface area contributed by atoms with Gasteiger partial charge in [0, 0.05) is 18.0 Å². The summed E-state index contributed by atoms with van der Waals surface area (Å²) in [4.78, 5) is 16.2. The smallest absolute Gasteiger partial charge is 0.270 e. The molecule has 0 fully saturated rings. The molecule has 0 atom stereocenters. The number of nitrogens with zero attached hydrogens (tertiary/aromatic N) is 1. The van der Waals surface area contributed by atoms with Gasteiger partial charge in [-0.25, -0.2) is 13.8 Å². The molecule has 3 aromatic rings. The molecule has 23 heavy (non-hydrogen) atoms. The number of benzene rings is 1. The summed E-state index contributed by atoms with van der Waals surface area (Å²) < 4.78 is 31.5. The van der Waals surface area contributed by atoms with Crippen molar-refractivity contribution in [2.75, 3.05) is 6.54 Å². The summed E-state index contributed by atoms with van der Waals surface area (Å²) in [7, 11) is 0. The molecule has 2 aromatic heterocycles. The van der Waals surface area contributed by atoms with Gasteiger partial charge in [0.05, 0.1) is 6.26 Å². The Hall–Kier alpha value is -2.54. The van der Waals surface area contributed by atoms with Crippen molar-refractivity contribution in [3.63, 3.8) is 0 Å². The number of halogens is 2. The summed E-state index contributed by atoms with van der Waals surface area (Å²) in [5.74, 6) is -0.986. The molecule has 1 aromatic carbocycles. The highest BCUT2D eigenvalue weighted by atomic mass is 32.1. The number of rotatable bonds is 5. The van der Waals surface area contributed by atoms with Crippen molar-refractivity contribution in [3.8, 4) is 10.8 Å². The molecule has 2 heterocycles. The third-order valence-electron chi connectivity index (χ3n) is 3.16. The predicted octanol–water partition coefficient (Wildman–Crippen LogP) is 3.65. The molecule has 0 bridgehead atoms. The Kier molecular flexibility index (Phi) is 4.47. The van der Waals surface area contributed by atoms with Crippen LogP contribution in [-0.4, -0.2) is 17.4 Å². The largest absolute Gasteiger partial charge is 0.462 e. The molecule has 1 amide bonds. The lowest BCUT2D eigenvalue weighted by molar-refractivity contribution is 0.0950. The second-order valence-corrected chi connectivity index (χ2v) is 5.61. The fraction of sp³-hybridized carbons (Fsp3) is 0.125. The van der Waals surface area contributed by atoms with Crippen molar-refractivity contribution < 1.29 is 18.0 Å². The molecule has 0 aliphatic carbocycles. The maximum atomic E-state index is 13.5. The van der Waals surface area contributed by atoms with Gasteiger partial charge in [0.15, 0.2) is 10.8 Å². The number of hydrogen-bond acceptors (Lipinski definition) is 4. The van der Waals surface area contributed by atoms with E-state index in [4.69, 9.17) is 4.42 Å². The minimum Gasteiger partial charge on any atom is -0.462 e. The van der Waals surface area contributed by atoms with Gasteiger partial charge in [0.25, 0.3) is 5.91 Å². The third kappa shape index (κ3) is 3.62. The van der Waals surface area contributed by atoms with Crippen LogP contribution in [0.2, 0.25) is 0 Å². The highest BCUT2D eigenvalue weighted by molar-refractivity contribution is 7.13. The molecule has 0 aliphatic heterocycles. The van der Waals surface area contributed by atoms with E-state index in [1.165, 1.54) is 29.7 Å². The molecule has 0 unspecified atom stereocenters. The van der Waals surface area contributed by atoms with Gasteiger partial charge in [-0.2, -0.15) is 0 Å². The highest BCUT2D eigenvalue weighted by Crippen LogP contribution is 2.23. The minimum atomic E-state index is -0.622. The number of thiazole rings is 1. The second-order valence-electron chi connectivity index (χ2n) is 4.76. The summed E-state index contributed by atoms with van der Waals surface area (Å²) >= 11 is 1.30. The summed E-state index contributed by atoms with van der Waals surface area (Å²) in [5.41, 5.74) is 0.627. The number of carbonyl (C=O) groups is 1. The predicted molar refractivity (Wildman–Crippen MR) is 82.2 cm³/mol. The molecule has 1 N–H and O–H groups in total. The normalized spacial score (nSPS) is 10.7. The van der Waals surface area contributed by atoms with Gasteiger partial charge < -0.3 is 9.73 Å². The SMILES string of the molecule is O=C(NCCc1ccc(F)cc1F)c1csc(-c2ccco2)n1. The zero-order valence-corrected chi connectivity index (χ0v) is 12.7. The van der Waals surface area contributed by atoms with E-state index >= 15 is 0 Å². The molecule has 4 nitrogen and oxygen atoms in total. The van der Waals surface area contributed by atoms with Crippen LogP contribution < -0.4 is 5.32 Å². The summed E-state index contributed by atoms with van der Waals surface area (Å²) in [6, 6.07) is 6.89. The Balaban J connectivity index is 1.57. The highest BCUT2D eigenvalue weighted by Gasteiger charge is 2.13. The molecule has 0 saturated carbocycles. The van der Waals surface area contributed by atoms with Crippen molar-refractivity contribution >= 4 is 17.2 Å². The maximum absolute atomic E-state index is 13.5. The Bertz CT molecular complexity index is 815. The third-order valence-corrected chi connectivity index (χ3v) is 4.02. The van der Waals surface area contributed by atoms with Crippen LogP contribution in [0.4, 0.5) is 8.78 Å². The van der Waals surface area contributed by atoms with Gasteiger partial charge in [0.1, 0.15) is 17.3 Å². The van der Waals surface area contributed by atoms with E-state index in [2.05, 4.69) is 10.3 Å². The molecular weight excluding hydrogens is 322 g/mol. The molecule has 7 heteroatoms. The topological polar surface area (TPSA) is 55.1 Å². The summed E-state index contributed by atoms with van der Waals surface area (Å²) in [6.07, 6.45) is 1.81. The Morgan fingerprint density at radius 3 is 2.91 bits per heavy atom. The van der Waals surface area contributed by atoms with E-state index < -0.39 is 11.6 Å². The van der Waals surface area contributed by atoms with E-state index in [0.717, 1.165) is 6.07 Å². The van der Waals surface area contributed by atoms with Gasteiger partial charge in [-0.1, -0.05) is 6.07 Å². The van der Waals surface area contributed by atoms with Crippen LogP contribution in [0.3, 0.4) is 0 Å². The van der Waals surface area contributed by atoms with Crippen molar-refractivity contribution in [2.24, 2.45) is 0 Å². The number of carbonyl (C=O) groups excluding carboxylic acids is 1. The van der Waals surface area contributed by atoms with Crippen LogP contribution in [0, 0.1) is 11.6 Å². The second kappa shape index (κ2) is 6.70. The van der Waals surface area contributed by atoms with Crippen LogP contribution in [0.1, 0.15) is 16.1 Å². The number of amides is 1. The first-order valence-electron chi connectivity index (χ1n) is 6.85. The van der Waals surface area contributed by atoms with Crippen LogP contribution in [0.15, 0.2) is 46.4 Å². The summed E-state index contributed by atoms with van der Waals surface area (Å²) in [5, 5.41) is 4.91. The molecule has 0 radical (unpaired) electrons. The number of hydrogen-bond donors (Lipinski definition) is 1. The first-order chi connectivity index (χ1) is 11.1. The monoisotopic (exact) mass is 334 g/mol. The average Bonchev–Trinajstić information content (AvgIpc) is 3.20. The van der Waals surface area contributed by atoms with Gasteiger partial charge in [0.2, 0.25) is 0 Å². The summed E-state index contributed by atoms with van der Waals surface area (Å²) in [6.45, 7) is 0.231. The van der Waals surface area contributed by atoms with Crippen LogP contribution in [0.25, 0.3) is 10.8 Å². The molecular formula is C16H12F2N2O2S. The van der Waals surface area contributed by atoms with Crippen LogP contribution in [0.5, 0.6) is 0 Å². The quantitative estimate of drug-likeness (QED) is 0.775. The standard InChI is InChI=1S/C16H12F2N2O2S/c17-11-4-3-10(12(18)8-11)5-6-19-15(21)13-9-23-16(20-13)14-2-1-7-22-14/h1-4,7-9H,5-6H2,(H,19,21). The minimum absolute atomic E-state index is 0.231. The number of nitrogens with one attached hydrogen (secondary N) is 1. The Morgan fingerprint density at radius 2 is 2.17 bits per heavy atom.